The predicted octanol–water partition coefficient (Wildman–Crippen LogP) is 3.43. The number of halogens is 1. The molecule has 2 atom stereocenters. The molecule has 1 aromatic heterocycles. The monoisotopic (exact) mass is 361 g/mol. The molecule has 4 nitrogen and oxygen atoms in total. The van der Waals surface area contributed by atoms with Gasteiger partial charge in [-0.3, -0.25) is 0 Å². The Morgan fingerprint density at radius 2 is 1.91 bits per heavy atom. The van der Waals surface area contributed by atoms with Crippen molar-refractivity contribution >= 4 is 21.7 Å². The van der Waals surface area contributed by atoms with Crippen LogP contribution in [0.3, 0.4) is 0 Å². The maximum Gasteiger partial charge on any atom is 0.148 e. The molecule has 1 aliphatic rings. The van der Waals surface area contributed by atoms with Crippen molar-refractivity contribution in [2.24, 2.45) is 0 Å². The van der Waals surface area contributed by atoms with Gasteiger partial charge in [0.2, 0.25) is 0 Å². The number of aromatic nitrogens is 2. The maximum absolute atomic E-state index is 10.4. The summed E-state index contributed by atoms with van der Waals surface area (Å²) < 4.78 is 0.810. The van der Waals surface area contributed by atoms with Gasteiger partial charge in [0.25, 0.3) is 0 Å². The third-order valence-electron chi connectivity index (χ3n) is 4.16. The Morgan fingerprint density at radius 3 is 2.64 bits per heavy atom. The van der Waals surface area contributed by atoms with Gasteiger partial charge in [-0.25, -0.2) is 9.97 Å². The van der Waals surface area contributed by atoms with Crippen LogP contribution in [0.15, 0.2) is 28.9 Å². The minimum atomic E-state index is -0.433. The van der Waals surface area contributed by atoms with Crippen LogP contribution in [0.2, 0.25) is 0 Å². The van der Waals surface area contributed by atoms with Gasteiger partial charge in [-0.2, -0.15) is 0 Å². The summed E-state index contributed by atoms with van der Waals surface area (Å²) in [5.41, 5.74) is 4.20. The minimum absolute atomic E-state index is 0.123. The zero-order valence-electron chi connectivity index (χ0n) is 12.8. The highest BCUT2D eigenvalue weighted by Gasteiger charge is 2.31. The molecule has 0 fully saturated rings. The fraction of sp³-hybridized carbons (Fsp3) is 0.412. The molecule has 0 radical (unpaired) electrons. The average molecular weight is 362 g/mol. The van der Waals surface area contributed by atoms with Gasteiger partial charge in [0, 0.05) is 6.42 Å². The zero-order chi connectivity index (χ0) is 15.7. The second-order valence-electron chi connectivity index (χ2n) is 5.56. The molecule has 1 aromatic carbocycles. The number of nitrogens with one attached hydrogen (secondary N) is 1. The van der Waals surface area contributed by atoms with Gasteiger partial charge in [-0.15, -0.1) is 0 Å². The summed E-state index contributed by atoms with van der Waals surface area (Å²) in [7, 11) is 0. The molecule has 1 aliphatic carbocycles. The number of fused-ring (bicyclic) bond motifs is 1. The third-order valence-corrected chi connectivity index (χ3v) is 4.79. The van der Waals surface area contributed by atoms with E-state index in [4.69, 9.17) is 4.98 Å². The van der Waals surface area contributed by atoms with Crippen molar-refractivity contribution in [2.45, 2.75) is 45.3 Å². The van der Waals surface area contributed by atoms with E-state index in [1.165, 1.54) is 5.56 Å². The molecule has 5 heteroatoms. The Kier molecular flexibility index (Phi) is 4.45. The molecule has 0 aliphatic heterocycles. The highest BCUT2D eigenvalue weighted by molar-refractivity contribution is 9.10. The van der Waals surface area contributed by atoms with Crippen LogP contribution in [0.4, 0.5) is 5.82 Å². The first-order chi connectivity index (χ1) is 10.6. The molecular formula is C17H20BrN3O. The Morgan fingerprint density at radius 1 is 1.18 bits per heavy atom. The Balaban J connectivity index is 1.96. The van der Waals surface area contributed by atoms with Gasteiger partial charge in [-0.05, 0) is 39.9 Å². The van der Waals surface area contributed by atoms with Gasteiger partial charge >= 0.3 is 0 Å². The van der Waals surface area contributed by atoms with E-state index in [1.807, 2.05) is 12.1 Å². The van der Waals surface area contributed by atoms with Crippen molar-refractivity contribution in [2.75, 3.05) is 5.32 Å². The number of aryl methyl sites for hydroxylation is 2. The lowest BCUT2D eigenvalue weighted by Crippen LogP contribution is -2.23. The maximum atomic E-state index is 10.4. The first-order valence-corrected chi connectivity index (χ1v) is 8.51. The van der Waals surface area contributed by atoms with Crippen LogP contribution in [-0.2, 0) is 19.3 Å². The van der Waals surface area contributed by atoms with Crippen molar-refractivity contribution in [3.05, 3.63) is 51.4 Å². The SMILES string of the molecule is CCc1nc(NC2c3ccccc3C[C@@H]2O)c(CC)nc1Br. The molecule has 0 spiro atoms. The van der Waals surface area contributed by atoms with E-state index in [-0.39, 0.29) is 6.04 Å². The molecule has 1 unspecified atom stereocenters. The van der Waals surface area contributed by atoms with E-state index < -0.39 is 6.10 Å². The van der Waals surface area contributed by atoms with Gasteiger partial charge in [-0.1, -0.05) is 38.1 Å². The number of rotatable bonds is 4. The number of aliphatic hydroxyl groups excluding tert-OH is 1. The van der Waals surface area contributed by atoms with Gasteiger partial charge in [0.15, 0.2) is 0 Å². The fourth-order valence-corrected chi connectivity index (χ4v) is 3.55. The summed E-state index contributed by atoms with van der Waals surface area (Å²) in [6.07, 6.45) is 1.86. The van der Waals surface area contributed by atoms with Crippen molar-refractivity contribution in [1.29, 1.82) is 0 Å². The smallest absolute Gasteiger partial charge is 0.148 e. The lowest BCUT2D eigenvalue weighted by atomic mass is 10.1. The van der Waals surface area contributed by atoms with Gasteiger partial charge in [0.1, 0.15) is 10.4 Å². The second kappa shape index (κ2) is 6.34. The van der Waals surface area contributed by atoms with E-state index in [9.17, 15) is 5.11 Å². The van der Waals surface area contributed by atoms with E-state index in [1.54, 1.807) is 0 Å². The van der Waals surface area contributed by atoms with Crippen LogP contribution in [0.25, 0.3) is 0 Å². The van der Waals surface area contributed by atoms with Crippen LogP contribution in [0.1, 0.15) is 42.4 Å². The molecule has 0 amide bonds. The van der Waals surface area contributed by atoms with E-state index in [0.29, 0.717) is 6.42 Å². The largest absolute Gasteiger partial charge is 0.390 e. The topological polar surface area (TPSA) is 58.0 Å². The first kappa shape index (κ1) is 15.4. The predicted molar refractivity (Wildman–Crippen MR) is 91.0 cm³/mol. The molecular weight excluding hydrogens is 342 g/mol. The van der Waals surface area contributed by atoms with Gasteiger partial charge < -0.3 is 10.4 Å². The van der Waals surface area contributed by atoms with E-state index in [2.05, 4.69) is 52.2 Å². The number of nitrogens with zero attached hydrogens (tertiary/aromatic N) is 2. The summed E-state index contributed by atoms with van der Waals surface area (Å²) >= 11 is 3.48. The molecule has 0 saturated carbocycles. The number of benzene rings is 1. The quantitative estimate of drug-likeness (QED) is 0.875. The molecule has 0 saturated heterocycles. The number of hydrogen-bond donors (Lipinski definition) is 2. The van der Waals surface area contributed by atoms with E-state index in [0.717, 1.165) is 40.2 Å². The minimum Gasteiger partial charge on any atom is -0.390 e. The van der Waals surface area contributed by atoms with Crippen molar-refractivity contribution in [3.63, 3.8) is 0 Å². The molecule has 0 bridgehead atoms. The molecule has 2 N–H and O–H groups in total. The van der Waals surface area contributed by atoms with Crippen LogP contribution in [-0.4, -0.2) is 21.2 Å². The Bertz CT molecular complexity index is 690. The summed E-state index contributed by atoms with van der Waals surface area (Å²) in [5.74, 6) is 0.781. The highest BCUT2D eigenvalue weighted by atomic mass is 79.9. The van der Waals surface area contributed by atoms with Gasteiger partial charge in [0.05, 0.1) is 23.5 Å². The normalized spacial score (nSPS) is 20.0. The Hall–Kier alpha value is -1.46. The molecule has 2 aromatic rings. The lowest BCUT2D eigenvalue weighted by Gasteiger charge is -2.21. The second-order valence-corrected chi connectivity index (χ2v) is 6.31. The van der Waals surface area contributed by atoms with Crippen molar-refractivity contribution in [1.82, 2.24) is 9.97 Å². The number of anilines is 1. The van der Waals surface area contributed by atoms with Crippen LogP contribution >= 0.6 is 15.9 Å². The number of hydrogen-bond acceptors (Lipinski definition) is 4. The summed E-state index contributed by atoms with van der Waals surface area (Å²) in [4.78, 5) is 9.30. The van der Waals surface area contributed by atoms with Crippen LogP contribution < -0.4 is 5.32 Å². The fourth-order valence-electron chi connectivity index (χ4n) is 2.96. The summed E-state index contributed by atoms with van der Waals surface area (Å²) in [6.45, 7) is 4.12. The first-order valence-electron chi connectivity index (χ1n) is 7.71. The van der Waals surface area contributed by atoms with E-state index >= 15 is 0 Å². The summed E-state index contributed by atoms with van der Waals surface area (Å²) in [6, 6.07) is 8.05. The van der Waals surface area contributed by atoms with Crippen LogP contribution in [0, 0.1) is 0 Å². The Labute approximate surface area is 139 Å². The summed E-state index contributed by atoms with van der Waals surface area (Å²) in [5, 5.41) is 13.8. The molecule has 3 rings (SSSR count). The molecule has 116 valence electrons. The highest BCUT2D eigenvalue weighted by Crippen LogP contribution is 2.34. The molecule has 1 heterocycles. The molecule has 22 heavy (non-hydrogen) atoms. The van der Waals surface area contributed by atoms with Crippen molar-refractivity contribution in [3.8, 4) is 0 Å². The zero-order valence-corrected chi connectivity index (χ0v) is 14.4. The third kappa shape index (κ3) is 2.75. The van der Waals surface area contributed by atoms with Crippen LogP contribution in [0.5, 0.6) is 0 Å². The standard InChI is InChI=1S/C17H20BrN3O/c1-3-12-16(18)19-13(4-2)17(20-12)21-15-11-8-6-5-7-10(11)9-14(15)22/h5-8,14-15,22H,3-4,9H2,1-2H3,(H,20,21)/t14-,15?/m0/s1. The number of aliphatic hydroxyl groups is 1. The van der Waals surface area contributed by atoms with Crippen molar-refractivity contribution < 1.29 is 5.11 Å². The average Bonchev–Trinajstić information content (AvgIpc) is 2.84. The lowest BCUT2D eigenvalue weighted by molar-refractivity contribution is 0.165.